The number of likely N-dealkylation sites (N-methyl/N-ethyl adjacent to an activating group) is 1. The fourth-order valence-electron chi connectivity index (χ4n) is 5.81. The van der Waals surface area contributed by atoms with Gasteiger partial charge in [0.05, 0.1) is 21.1 Å². The third kappa shape index (κ3) is 20.7. The molecule has 1 amide bonds. The molecule has 0 radical (unpaired) electrons. The molecule has 0 saturated carbocycles. The van der Waals surface area contributed by atoms with E-state index in [2.05, 4.69) is 13.8 Å². The molecule has 0 aromatic rings. The molecule has 0 bridgehead atoms. The number of primary amides is 1. The molecule has 42 heavy (non-hydrogen) atoms. The number of aliphatic carboxylic acids is 1. The molecule has 0 spiro atoms. The van der Waals surface area contributed by atoms with Crippen molar-refractivity contribution in [2.75, 3.05) is 40.8 Å². The summed E-state index contributed by atoms with van der Waals surface area (Å²) in [6.45, 7) is 5.81. The minimum Gasteiger partial charge on any atom is -0.481 e. The lowest BCUT2D eigenvalue weighted by atomic mass is 9.84. The van der Waals surface area contributed by atoms with Gasteiger partial charge in [-0.05, 0) is 32.4 Å². The van der Waals surface area contributed by atoms with E-state index in [4.69, 9.17) is 5.73 Å². The van der Waals surface area contributed by atoms with Crippen LogP contribution in [0, 0.1) is 0 Å². The summed E-state index contributed by atoms with van der Waals surface area (Å²) in [5.41, 5.74) is 4.45. The van der Waals surface area contributed by atoms with Gasteiger partial charge in [0.1, 0.15) is 6.54 Å². The molecule has 3 N–H and O–H groups in total. The van der Waals surface area contributed by atoms with E-state index < -0.39 is 17.4 Å². The third-order valence-corrected chi connectivity index (χ3v) is 8.29. The fraction of sp³-hybridized carbons (Fsp3) is 0.912. The first-order chi connectivity index (χ1) is 19.5. The number of carboxylic acids is 1. The Hall–Kier alpha value is -1.18. The van der Waals surface area contributed by atoms with E-state index in [-0.39, 0.29) is 37.6 Å². The Morgan fingerprint density at radius 3 is 1.26 bits per heavy atom. The van der Waals surface area contributed by atoms with E-state index in [0.717, 1.165) is 38.5 Å². The number of unbranched alkanes of at least 4 members (excludes halogenated alkanes) is 18. The maximum atomic E-state index is 13.8. The van der Waals surface area contributed by atoms with Gasteiger partial charge >= 0.3 is 5.97 Å². The monoisotopic (exact) mass is 618 g/mol. The van der Waals surface area contributed by atoms with Gasteiger partial charge in [-0.1, -0.05) is 129 Å². The number of carbonyl (C=O) groups is 3. The zero-order valence-electron chi connectivity index (χ0n) is 28.2. The van der Waals surface area contributed by atoms with Gasteiger partial charge in [-0.2, -0.15) is 0 Å². The average molecular weight is 619 g/mol. The molecule has 0 aromatic carbocycles. The van der Waals surface area contributed by atoms with Crippen molar-refractivity contribution in [3.63, 3.8) is 0 Å². The van der Waals surface area contributed by atoms with Gasteiger partial charge in [0.2, 0.25) is 11.7 Å². The standard InChI is InChI=1S/C34H67N3O4.ClH/c1-6-8-10-12-14-16-18-20-22-24-28-36(29-25-23-21-19-17-15-13-11-9-7-2)34(33(35)41,27-26-32(39)40)31(38)30-37(3,4)5;/h6-30H2,1-5H3,(H2-,35,39,40,41);1H/p+1/t34-;/m0./s1. The summed E-state index contributed by atoms with van der Waals surface area (Å²) in [5, 5.41) is 9.50. The summed E-state index contributed by atoms with van der Waals surface area (Å²) in [7, 11) is 5.74. The molecule has 0 unspecified atom stereocenters. The lowest BCUT2D eigenvalue weighted by Crippen LogP contribution is -2.66. The average Bonchev–Trinajstić information content (AvgIpc) is 2.89. The minimum atomic E-state index is -1.57. The Morgan fingerprint density at radius 2 is 0.976 bits per heavy atom. The first-order valence-corrected chi connectivity index (χ1v) is 17.1. The highest BCUT2D eigenvalue weighted by Gasteiger charge is 2.50. The van der Waals surface area contributed by atoms with Crippen molar-refractivity contribution >= 4 is 30.1 Å². The highest BCUT2D eigenvalue weighted by atomic mass is 35.5. The third-order valence-electron chi connectivity index (χ3n) is 8.29. The first kappa shape index (κ1) is 43.0. The maximum absolute atomic E-state index is 13.8. The van der Waals surface area contributed by atoms with Crippen LogP contribution in [0.3, 0.4) is 0 Å². The van der Waals surface area contributed by atoms with E-state index in [1.54, 1.807) is 0 Å². The van der Waals surface area contributed by atoms with Gasteiger partial charge in [-0.3, -0.25) is 19.3 Å². The number of ketones is 1. The molecule has 1 atom stereocenters. The second kappa shape index (κ2) is 26.2. The smallest absolute Gasteiger partial charge is 0.303 e. The molecule has 8 heteroatoms. The van der Waals surface area contributed by atoms with Crippen LogP contribution in [-0.2, 0) is 14.4 Å². The van der Waals surface area contributed by atoms with E-state index >= 15 is 0 Å². The SMILES string of the molecule is CCCCCCCCCCCCN(CCCCCCCCCCCC)[C@](CCC(=O)O)(C(N)=O)C(=O)C[N+](C)(C)C.Cl. The number of hydrogen-bond acceptors (Lipinski definition) is 4. The van der Waals surface area contributed by atoms with Crippen LogP contribution in [0.1, 0.15) is 155 Å². The number of hydrogen-bond donors (Lipinski definition) is 2. The number of rotatable bonds is 30. The quantitative estimate of drug-likeness (QED) is 0.0484. The lowest BCUT2D eigenvalue weighted by Gasteiger charge is -2.41. The molecule has 0 rings (SSSR count). The summed E-state index contributed by atoms with van der Waals surface area (Å²) < 4.78 is 0.366. The first-order valence-electron chi connectivity index (χ1n) is 17.1. The molecular weight excluding hydrogens is 550 g/mol. The highest BCUT2D eigenvalue weighted by Crippen LogP contribution is 2.27. The Bertz CT molecular complexity index is 675. The van der Waals surface area contributed by atoms with E-state index in [0.29, 0.717) is 17.6 Å². The van der Waals surface area contributed by atoms with Crippen LogP contribution in [0.15, 0.2) is 0 Å². The largest absolute Gasteiger partial charge is 0.481 e. The number of nitrogens with zero attached hydrogens (tertiary/aromatic N) is 2. The number of carboxylic acid groups (broad SMARTS) is 1. The van der Waals surface area contributed by atoms with Crippen molar-refractivity contribution in [1.82, 2.24) is 4.90 Å². The van der Waals surface area contributed by atoms with Crippen molar-refractivity contribution in [1.29, 1.82) is 0 Å². The molecule has 0 heterocycles. The summed E-state index contributed by atoms with van der Waals surface area (Å²) >= 11 is 0. The van der Waals surface area contributed by atoms with Crippen LogP contribution < -0.4 is 5.73 Å². The molecule has 0 fully saturated rings. The van der Waals surface area contributed by atoms with Crippen LogP contribution in [0.5, 0.6) is 0 Å². The van der Waals surface area contributed by atoms with E-state index in [1.165, 1.54) is 89.9 Å². The molecular formula is C34H69ClN3O4+. The molecule has 0 saturated heterocycles. The van der Waals surface area contributed by atoms with Crippen LogP contribution >= 0.6 is 12.4 Å². The molecule has 0 aromatic heterocycles. The summed E-state index contributed by atoms with van der Waals surface area (Å²) in [6, 6.07) is 0. The van der Waals surface area contributed by atoms with Crippen molar-refractivity contribution < 1.29 is 24.0 Å². The number of carbonyl (C=O) groups excluding carboxylic acids is 2. The highest BCUT2D eigenvalue weighted by molar-refractivity contribution is 6.10. The number of quaternary nitrogens is 1. The Labute approximate surface area is 265 Å². The Morgan fingerprint density at radius 1 is 0.643 bits per heavy atom. The van der Waals surface area contributed by atoms with Crippen LogP contribution in [0.2, 0.25) is 0 Å². The predicted molar refractivity (Wildman–Crippen MR) is 179 cm³/mol. The van der Waals surface area contributed by atoms with Gasteiger partial charge in [-0.25, -0.2) is 0 Å². The topological polar surface area (TPSA) is 101 Å². The normalized spacial score (nSPS) is 13.1. The minimum absolute atomic E-state index is 0. The van der Waals surface area contributed by atoms with Crippen molar-refractivity contribution in [3.05, 3.63) is 0 Å². The summed E-state index contributed by atoms with van der Waals surface area (Å²) in [6.07, 6.45) is 23.9. The molecule has 0 aliphatic heterocycles. The lowest BCUT2D eigenvalue weighted by molar-refractivity contribution is -0.862. The van der Waals surface area contributed by atoms with Gasteiger partial charge in [0.15, 0.2) is 5.54 Å². The van der Waals surface area contributed by atoms with Crippen LogP contribution in [-0.4, -0.2) is 78.5 Å². The zero-order valence-corrected chi connectivity index (χ0v) is 29.0. The Kier molecular flexibility index (Phi) is 26.8. The Balaban J connectivity index is 0. The predicted octanol–water partition coefficient (Wildman–Crippen LogP) is 7.92. The van der Waals surface area contributed by atoms with Gasteiger partial charge in [-0.15, -0.1) is 12.4 Å². The van der Waals surface area contributed by atoms with Crippen LogP contribution in [0.4, 0.5) is 0 Å². The van der Waals surface area contributed by atoms with Gasteiger partial charge in [0.25, 0.3) is 0 Å². The summed E-state index contributed by atoms with van der Waals surface area (Å²) in [5.74, 6) is -1.96. The van der Waals surface area contributed by atoms with E-state index in [1.807, 2.05) is 26.0 Å². The summed E-state index contributed by atoms with van der Waals surface area (Å²) in [4.78, 5) is 40.5. The van der Waals surface area contributed by atoms with Gasteiger partial charge < -0.3 is 15.3 Å². The van der Waals surface area contributed by atoms with Gasteiger partial charge in [0, 0.05) is 6.42 Å². The molecule has 250 valence electrons. The zero-order chi connectivity index (χ0) is 31.0. The van der Waals surface area contributed by atoms with Crippen molar-refractivity contribution in [2.24, 2.45) is 5.73 Å². The molecule has 7 nitrogen and oxygen atoms in total. The van der Waals surface area contributed by atoms with Crippen molar-refractivity contribution in [2.45, 2.75) is 161 Å². The number of nitrogens with two attached hydrogens (primary N) is 1. The van der Waals surface area contributed by atoms with Crippen molar-refractivity contribution in [3.8, 4) is 0 Å². The number of Topliss-reactive ketones (excluding diaryl/α,β-unsaturated/α-hetero) is 1. The number of halogens is 1. The maximum Gasteiger partial charge on any atom is 0.303 e. The second-order valence-corrected chi connectivity index (χ2v) is 13.3. The second-order valence-electron chi connectivity index (χ2n) is 13.3. The van der Waals surface area contributed by atoms with E-state index in [9.17, 15) is 19.5 Å². The van der Waals surface area contributed by atoms with Crippen LogP contribution in [0.25, 0.3) is 0 Å². The molecule has 0 aliphatic rings. The fourth-order valence-corrected chi connectivity index (χ4v) is 5.81. The molecule has 0 aliphatic carbocycles. The number of amides is 1.